The molecule has 0 saturated heterocycles. The van der Waals surface area contributed by atoms with Crippen molar-refractivity contribution >= 4 is 5.97 Å². The monoisotopic (exact) mass is 293 g/mol. The largest absolute Gasteiger partial charge is 0.492 e. The number of rotatable bonds is 7. The highest BCUT2D eigenvalue weighted by molar-refractivity contribution is 5.87. The topological polar surface area (TPSA) is 49.8 Å². The van der Waals surface area contributed by atoms with Gasteiger partial charge in [-0.3, -0.25) is 4.90 Å². The van der Waals surface area contributed by atoms with Gasteiger partial charge in [-0.1, -0.05) is 6.92 Å². The van der Waals surface area contributed by atoms with Crippen molar-refractivity contribution in [2.75, 3.05) is 13.2 Å². The van der Waals surface area contributed by atoms with Gasteiger partial charge < -0.3 is 9.84 Å². The molecule has 0 amide bonds. The van der Waals surface area contributed by atoms with Gasteiger partial charge in [-0.25, -0.2) is 4.79 Å². The van der Waals surface area contributed by atoms with E-state index in [2.05, 4.69) is 39.5 Å². The zero-order valence-electron chi connectivity index (χ0n) is 13.7. The van der Waals surface area contributed by atoms with Crippen LogP contribution in [0.1, 0.15) is 51.4 Å². The summed E-state index contributed by atoms with van der Waals surface area (Å²) in [5, 5.41) is 8.85. The molecule has 1 rings (SSSR count). The van der Waals surface area contributed by atoms with Crippen LogP contribution in [0.2, 0.25) is 0 Å². The van der Waals surface area contributed by atoms with E-state index in [4.69, 9.17) is 9.84 Å². The van der Waals surface area contributed by atoms with Gasteiger partial charge in [-0.15, -0.1) is 0 Å². The number of benzene rings is 1. The molecule has 0 aromatic heterocycles. The second kappa shape index (κ2) is 7.46. The number of carbonyl (C=O) groups is 1. The third-order valence-corrected chi connectivity index (χ3v) is 3.69. The molecule has 1 aromatic carbocycles. The van der Waals surface area contributed by atoms with Crippen LogP contribution in [0, 0.1) is 0 Å². The number of carboxylic acid groups (broad SMARTS) is 1. The Labute approximate surface area is 127 Å². The normalized spacial score (nSPS) is 13.2. The zero-order chi connectivity index (χ0) is 16.0. The molecule has 0 saturated carbocycles. The molecule has 21 heavy (non-hydrogen) atoms. The highest BCUT2D eigenvalue weighted by Gasteiger charge is 2.24. The minimum Gasteiger partial charge on any atom is -0.492 e. The first-order valence-corrected chi connectivity index (χ1v) is 7.48. The second-order valence-electron chi connectivity index (χ2n) is 6.30. The lowest BCUT2D eigenvalue weighted by Gasteiger charge is -2.40. The number of ether oxygens (including phenoxy) is 1. The molecule has 0 aliphatic carbocycles. The molecule has 4 heteroatoms. The number of aromatic carboxylic acids is 1. The fraction of sp³-hybridized carbons (Fsp3) is 0.588. The molecule has 4 nitrogen and oxygen atoms in total. The Morgan fingerprint density at radius 1 is 1.29 bits per heavy atom. The van der Waals surface area contributed by atoms with Crippen LogP contribution in [0.15, 0.2) is 24.3 Å². The van der Waals surface area contributed by atoms with E-state index in [1.165, 1.54) is 0 Å². The van der Waals surface area contributed by atoms with Crippen LogP contribution >= 0.6 is 0 Å². The molecule has 1 aromatic rings. The van der Waals surface area contributed by atoms with Crippen molar-refractivity contribution in [2.24, 2.45) is 0 Å². The molecule has 1 atom stereocenters. The average Bonchev–Trinajstić information content (AvgIpc) is 2.42. The van der Waals surface area contributed by atoms with Gasteiger partial charge in [-0.2, -0.15) is 0 Å². The lowest BCUT2D eigenvalue weighted by Crippen LogP contribution is -2.48. The third kappa shape index (κ3) is 5.38. The maximum absolute atomic E-state index is 10.8. The fourth-order valence-electron chi connectivity index (χ4n) is 2.39. The molecule has 0 aliphatic heterocycles. The van der Waals surface area contributed by atoms with Crippen molar-refractivity contribution in [1.82, 2.24) is 4.90 Å². The predicted octanol–water partition coefficient (Wildman–Crippen LogP) is 3.66. The van der Waals surface area contributed by atoms with E-state index < -0.39 is 5.97 Å². The Morgan fingerprint density at radius 3 is 2.29 bits per heavy atom. The fourth-order valence-corrected chi connectivity index (χ4v) is 2.39. The lowest BCUT2D eigenvalue weighted by atomic mass is 10.0. The summed E-state index contributed by atoms with van der Waals surface area (Å²) in [5.41, 5.74) is 0.379. The minimum atomic E-state index is -0.919. The van der Waals surface area contributed by atoms with Gasteiger partial charge >= 0.3 is 5.97 Å². The third-order valence-electron chi connectivity index (χ3n) is 3.69. The summed E-state index contributed by atoms with van der Waals surface area (Å²) in [4.78, 5) is 13.2. The summed E-state index contributed by atoms with van der Waals surface area (Å²) < 4.78 is 5.73. The minimum absolute atomic E-state index is 0.103. The molecule has 0 bridgehead atoms. The van der Waals surface area contributed by atoms with Crippen molar-refractivity contribution in [3.05, 3.63) is 29.8 Å². The van der Waals surface area contributed by atoms with Crippen LogP contribution in [-0.2, 0) is 0 Å². The van der Waals surface area contributed by atoms with Crippen LogP contribution in [0.4, 0.5) is 0 Å². The van der Waals surface area contributed by atoms with Crippen LogP contribution in [0.5, 0.6) is 5.75 Å². The first-order valence-electron chi connectivity index (χ1n) is 7.48. The summed E-state index contributed by atoms with van der Waals surface area (Å²) in [6.45, 7) is 12.5. The highest BCUT2D eigenvalue weighted by atomic mass is 16.5. The highest BCUT2D eigenvalue weighted by Crippen LogP contribution is 2.19. The van der Waals surface area contributed by atoms with Gasteiger partial charge in [0.15, 0.2) is 0 Å². The molecule has 0 radical (unpaired) electrons. The molecule has 1 N–H and O–H groups in total. The molecular formula is C17H27NO3. The van der Waals surface area contributed by atoms with Crippen molar-refractivity contribution in [1.29, 1.82) is 0 Å². The summed E-state index contributed by atoms with van der Waals surface area (Å²) in [7, 11) is 0. The van der Waals surface area contributed by atoms with Crippen molar-refractivity contribution in [2.45, 2.75) is 52.6 Å². The Morgan fingerprint density at radius 2 is 1.86 bits per heavy atom. The molecular weight excluding hydrogens is 266 g/mol. The van der Waals surface area contributed by atoms with E-state index in [1.54, 1.807) is 24.3 Å². The second-order valence-corrected chi connectivity index (χ2v) is 6.30. The first kappa shape index (κ1) is 17.5. The SMILES string of the molecule is CCC(C)N(CCOc1ccc(C(=O)O)cc1)C(C)(C)C. The van der Waals surface area contributed by atoms with Crippen LogP contribution < -0.4 is 4.74 Å². The standard InChI is InChI=1S/C17H27NO3/c1-6-13(2)18(17(3,4)5)11-12-21-15-9-7-14(8-10-15)16(19)20/h7-10,13H,6,11-12H2,1-5H3,(H,19,20). The Bertz CT molecular complexity index is 448. The lowest BCUT2D eigenvalue weighted by molar-refractivity contribution is 0.0691. The van der Waals surface area contributed by atoms with Gasteiger partial charge in [0.2, 0.25) is 0 Å². The number of carboxylic acids is 1. The molecule has 1 unspecified atom stereocenters. The Hall–Kier alpha value is -1.55. The molecule has 0 fully saturated rings. The zero-order valence-corrected chi connectivity index (χ0v) is 13.7. The van der Waals surface area contributed by atoms with E-state index in [1.807, 2.05) is 0 Å². The van der Waals surface area contributed by atoms with E-state index in [0.29, 0.717) is 18.4 Å². The number of hydrogen-bond acceptors (Lipinski definition) is 3. The maximum atomic E-state index is 10.8. The molecule has 0 aliphatic rings. The molecule has 118 valence electrons. The van der Waals surface area contributed by atoms with Crippen LogP contribution in [0.3, 0.4) is 0 Å². The van der Waals surface area contributed by atoms with Crippen LogP contribution in [0.25, 0.3) is 0 Å². The first-order chi connectivity index (χ1) is 9.75. The van der Waals surface area contributed by atoms with Gasteiger partial charge in [0.25, 0.3) is 0 Å². The van der Waals surface area contributed by atoms with Gasteiger partial charge in [0.05, 0.1) is 5.56 Å². The predicted molar refractivity (Wildman–Crippen MR) is 85.1 cm³/mol. The van der Waals surface area contributed by atoms with Crippen molar-refractivity contribution in [3.63, 3.8) is 0 Å². The van der Waals surface area contributed by atoms with E-state index >= 15 is 0 Å². The van der Waals surface area contributed by atoms with Crippen molar-refractivity contribution in [3.8, 4) is 5.75 Å². The van der Waals surface area contributed by atoms with Crippen LogP contribution in [-0.4, -0.2) is 40.7 Å². The number of nitrogens with zero attached hydrogens (tertiary/aromatic N) is 1. The van der Waals surface area contributed by atoms with Gasteiger partial charge in [-0.05, 0) is 58.4 Å². The quantitative estimate of drug-likeness (QED) is 0.833. The van der Waals surface area contributed by atoms with Gasteiger partial charge in [0, 0.05) is 18.1 Å². The average molecular weight is 293 g/mol. The number of hydrogen-bond donors (Lipinski definition) is 1. The van der Waals surface area contributed by atoms with Crippen molar-refractivity contribution < 1.29 is 14.6 Å². The summed E-state index contributed by atoms with van der Waals surface area (Å²) >= 11 is 0. The van der Waals surface area contributed by atoms with E-state index in [9.17, 15) is 4.79 Å². The summed E-state index contributed by atoms with van der Waals surface area (Å²) in [6, 6.07) is 7.03. The maximum Gasteiger partial charge on any atom is 0.335 e. The molecule has 0 heterocycles. The summed E-state index contributed by atoms with van der Waals surface area (Å²) in [6.07, 6.45) is 1.10. The summed E-state index contributed by atoms with van der Waals surface area (Å²) in [5.74, 6) is -0.213. The Balaban J connectivity index is 2.56. The van der Waals surface area contributed by atoms with Gasteiger partial charge in [0.1, 0.15) is 12.4 Å². The van der Waals surface area contributed by atoms with E-state index in [-0.39, 0.29) is 11.1 Å². The van der Waals surface area contributed by atoms with E-state index in [0.717, 1.165) is 13.0 Å². The molecule has 0 spiro atoms. The Kier molecular flexibility index (Phi) is 6.21. The smallest absolute Gasteiger partial charge is 0.335 e.